The molecule has 1 amide bonds. The fraction of sp³-hybridized carbons (Fsp3) is 0.200. The van der Waals surface area contributed by atoms with E-state index in [0.29, 0.717) is 17.7 Å². The van der Waals surface area contributed by atoms with E-state index in [9.17, 15) is 26.7 Å². The number of benzene rings is 1. The summed E-state index contributed by atoms with van der Waals surface area (Å²) in [4.78, 5) is 15.5. The van der Waals surface area contributed by atoms with E-state index in [1.54, 1.807) is 5.32 Å². The zero-order valence-corrected chi connectivity index (χ0v) is 12.1. The van der Waals surface area contributed by atoms with Gasteiger partial charge in [0.2, 0.25) is 5.91 Å². The number of nitrogen functional groups attached to an aromatic ring is 1. The normalized spacial score (nSPS) is 12.7. The predicted molar refractivity (Wildman–Crippen MR) is 75.7 cm³/mol. The topological polar surface area (TPSA) is 68.0 Å². The summed E-state index contributed by atoms with van der Waals surface area (Å²) in [6, 6.07) is 2.21. The van der Waals surface area contributed by atoms with E-state index in [1.807, 2.05) is 0 Å². The fourth-order valence-corrected chi connectivity index (χ4v) is 2.11. The van der Waals surface area contributed by atoms with Crippen molar-refractivity contribution in [3.63, 3.8) is 0 Å². The number of pyridine rings is 1. The Bertz CT molecular complexity index is 728. The van der Waals surface area contributed by atoms with Crippen LogP contribution in [0.2, 0.25) is 0 Å². The van der Waals surface area contributed by atoms with Crippen LogP contribution in [0.15, 0.2) is 36.5 Å². The van der Waals surface area contributed by atoms with Gasteiger partial charge >= 0.3 is 6.18 Å². The fourth-order valence-electron chi connectivity index (χ4n) is 2.11. The van der Waals surface area contributed by atoms with Gasteiger partial charge in [0, 0.05) is 6.20 Å². The Morgan fingerprint density at radius 3 is 2.38 bits per heavy atom. The maximum absolute atomic E-state index is 13.6. The Morgan fingerprint density at radius 2 is 1.83 bits per heavy atom. The molecule has 9 heteroatoms. The van der Waals surface area contributed by atoms with Crippen LogP contribution in [0.3, 0.4) is 0 Å². The molecule has 1 aromatic carbocycles. The van der Waals surface area contributed by atoms with Gasteiger partial charge in [0.1, 0.15) is 17.5 Å². The third kappa shape index (κ3) is 4.18. The Balaban J connectivity index is 2.26. The van der Waals surface area contributed by atoms with Gasteiger partial charge in [-0.05, 0) is 29.8 Å². The molecule has 3 N–H and O–H groups in total. The van der Waals surface area contributed by atoms with Crippen molar-refractivity contribution in [3.8, 4) is 0 Å². The van der Waals surface area contributed by atoms with Crippen molar-refractivity contribution in [1.82, 2.24) is 10.3 Å². The lowest BCUT2D eigenvalue weighted by molar-refractivity contribution is -0.164. The summed E-state index contributed by atoms with van der Waals surface area (Å²) in [5, 5.41) is 1.62. The van der Waals surface area contributed by atoms with Crippen molar-refractivity contribution in [2.24, 2.45) is 0 Å². The molecule has 128 valence electrons. The molecule has 2 aromatic rings. The van der Waals surface area contributed by atoms with Gasteiger partial charge in [-0.25, -0.2) is 13.8 Å². The second-order valence-electron chi connectivity index (χ2n) is 4.94. The van der Waals surface area contributed by atoms with Crippen LogP contribution < -0.4 is 11.1 Å². The molecule has 0 aliphatic heterocycles. The minimum atomic E-state index is -5.07. The number of hydrogen-bond donors (Lipinski definition) is 2. The lowest BCUT2D eigenvalue weighted by atomic mass is 10.0. The molecule has 4 nitrogen and oxygen atoms in total. The third-order valence-corrected chi connectivity index (χ3v) is 3.13. The van der Waals surface area contributed by atoms with Crippen molar-refractivity contribution in [3.05, 3.63) is 59.3 Å². The number of hydrogen-bond acceptors (Lipinski definition) is 3. The number of nitrogens with one attached hydrogen (secondary N) is 1. The number of nitrogens with zero attached hydrogens (tertiary/aromatic N) is 1. The maximum Gasteiger partial charge on any atom is 0.413 e. The summed E-state index contributed by atoms with van der Waals surface area (Å²) in [5.41, 5.74) is 4.47. The van der Waals surface area contributed by atoms with Crippen molar-refractivity contribution in [2.45, 2.75) is 18.6 Å². The number of rotatable bonds is 4. The van der Waals surface area contributed by atoms with Crippen LogP contribution in [0.4, 0.5) is 27.8 Å². The highest BCUT2D eigenvalue weighted by molar-refractivity contribution is 5.79. The Morgan fingerprint density at radius 1 is 1.21 bits per heavy atom. The molecule has 0 aliphatic carbocycles. The van der Waals surface area contributed by atoms with Crippen LogP contribution in [0.25, 0.3) is 0 Å². The molecular formula is C15H12F5N3O. The molecule has 0 radical (unpaired) electrons. The van der Waals surface area contributed by atoms with Crippen LogP contribution in [-0.2, 0) is 11.2 Å². The molecule has 2 rings (SSSR count). The van der Waals surface area contributed by atoms with Crippen molar-refractivity contribution in [1.29, 1.82) is 0 Å². The quantitative estimate of drug-likeness (QED) is 0.838. The highest BCUT2D eigenvalue weighted by Gasteiger charge is 2.44. The highest BCUT2D eigenvalue weighted by Crippen LogP contribution is 2.35. The Hall–Kier alpha value is -2.71. The van der Waals surface area contributed by atoms with E-state index in [4.69, 9.17) is 5.73 Å². The van der Waals surface area contributed by atoms with E-state index < -0.39 is 41.7 Å². The number of halogens is 5. The van der Waals surface area contributed by atoms with Gasteiger partial charge in [-0.15, -0.1) is 0 Å². The second kappa shape index (κ2) is 6.81. The van der Waals surface area contributed by atoms with E-state index in [1.165, 1.54) is 18.3 Å². The van der Waals surface area contributed by atoms with Crippen LogP contribution in [0, 0.1) is 11.6 Å². The number of carbonyl (C=O) groups excluding carboxylic acids is 1. The minimum absolute atomic E-state index is 0.0906. The summed E-state index contributed by atoms with van der Waals surface area (Å²) in [7, 11) is 0. The molecule has 1 atom stereocenters. The first-order valence-electron chi connectivity index (χ1n) is 6.69. The molecule has 1 heterocycles. The summed E-state index contributed by atoms with van der Waals surface area (Å²) in [6.45, 7) is 0. The van der Waals surface area contributed by atoms with Gasteiger partial charge in [-0.3, -0.25) is 4.79 Å². The lowest BCUT2D eigenvalue weighted by Crippen LogP contribution is -2.40. The van der Waals surface area contributed by atoms with Crippen molar-refractivity contribution >= 4 is 11.7 Å². The summed E-state index contributed by atoms with van der Waals surface area (Å²) in [5.74, 6) is -3.77. The van der Waals surface area contributed by atoms with Crippen LogP contribution in [0.1, 0.15) is 17.2 Å². The summed E-state index contributed by atoms with van der Waals surface area (Å²) in [6.07, 6.45) is -4.24. The molecule has 1 unspecified atom stereocenters. The third-order valence-electron chi connectivity index (χ3n) is 3.13. The van der Waals surface area contributed by atoms with E-state index in [2.05, 4.69) is 4.98 Å². The smallest absolute Gasteiger partial charge is 0.384 e. The molecule has 24 heavy (non-hydrogen) atoms. The van der Waals surface area contributed by atoms with Gasteiger partial charge in [0.05, 0.1) is 12.0 Å². The maximum atomic E-state index is 13.6. The number of anilines is 1. The monoisotopic (exact) mass is 345 g/mol. The number of nitrogens with two attached hydrogens (primary N) is 1. The first-order valence-corrected chi connectivity index (χ1v) is 6.69. The predicted octanol–water partition coefficient (Wildman–Crippen LogP) is 2.90. The van der Waals surface area contributed by atoms with E-state index in [0.717, 1.165) is 6.07 Å². The van der Waals surface area contributed by atoms with Gasteiger partial charge in [0.25, 0.3) is 0 Å². The minimum Gasteiger partial charge on any atom is -0.384 e. The molecular weight excluding hydrogens is 333 g/mol. The van der Waals surface area contributed by atoms with Gasteiger partial charge in [-0.1, -0.05) is 6.07 Å². The SMILES string of the molecule is Nc1cc(CC(=O)NC(c2c(F)cccc2F)C(F)(F)F)ccn1. The van der Waals surface area contributed by atoms with E-state index >= 15 is 0 Å². The van der Waals surface area contributed by atoms with E-state index in [-0.39, 0.29) is 5.82 Å². The average molecular weight is 345 g/mol. The van der Waals surface area contributed by atoms with Crippen LogP contribution >= 0.6 is 0 Å². The second-order valence-corrected chi connectivity index (χ2v) is 4.94. The zero-order chi connectivity index (χ0) is 17.9. The van der Waals surface area contributed by atoms with Crippen molar-refractivity contribution < 1.29 is 26.7 Å². The van der Waals surface area contributed by atoms with Crippen LogP contribution in [0.5, 0.6) is 0 Å². The van der Waals surface area contributed by atoms with Gasteiger partial charge in [-0.2, -0.15) is 13.2 Å². The summed E-state index contributed by atoms with van der Waals surface area (Å²) >= 11 is 0. The molecule has 0 aliphatic rings. The zero-order valence-electron chi connectivity index (χ0n) is 12.1. The van der Waals surface area contributed by atoms with Gasteiger partial charge in [0.15, 0.2) is 6.04 Å². The molecule has 0 bridgehead atoms. The molecule has 0 spiro atoms. The summed E-state index contributed by atoms with van der Waals surface area (Å²) < 4.78 is 66.7. The number of carbonyl (C=O) groups is 1. The van der Waals surface area contributed by atoms with Crippen molar-refractivity contribution in [2.75, 3.05) is 5.73 Å². The standard InChI is InChI=1S/C15H12F5N3O/c16-9-2-1-3-10(17)13(9)14(15(18,19)20)23-12(24)7-8-4-5-22-11(21)6-8/h1-6,14H,7H2,(H2,21,22)(H,23,24). The average Bonchev–Trinajstić information content (AvgIpc) is 2.45. The van der Waals surface area contributed by atoms with Crippen LogP contribution in [-0.4, -0.2) is 17.1 Å². The first kappa shape index (κ1) is 17.6. The molecule has 0 saturated carbocycles. The molecule has 0 saturated heterocycles. The van der Waals surface area contributed by atoms with Gasteiger partial charge < -0.3 is 11.1 Å². The molecule has 1 aromatic heterocycles. The molecule has 0 fully saturated rings. The largest absolute Gasteiger partial charge is 0.413 e. The number of alkyl halides is 3. The first-order chi connectivity index (χ1) is 11.2. The number of amides is 1. The Kier molecular flexibility index (Phi) is 5.01. The highest BCUT2D eigenvalue weighted by atomic mass is 19.4. The lowest BCUT2D eigenvalue weighted by Gasteiger charge is -2.23. The Labute approximate surface area is 133 Å². The number of aromatic nitrogens is 1.